The largest absolute Gasteiger partial charge is 0.324 e. The van der Waals surface area contributed by atoms with Crippen LogP contribution in [0, 0.1) is 13.8 Å². The number of anilines is 1. The van der Waals surface area contributed by atoms with Crippen LogP contribution in [0.1, 0.15) is 43.7 Å². The highest BCUT2D eigenvalue weighted by Crippen LogP contribution is 2.25. The number of nitrogens with zero attached hydrogens (tertiary/aromatic N) is 2. The molecule has 2 aliphatic rings. The topological polar surface area (TPSA) is 35.6 Å². The normalized spacial score (nSPS) is 21.8. The first-order valence-electron chi connectivity index (χ1n) is 9.41. The van der Waals surface area contributed by atoms with Gasteiger partial charge in [0.25, 0.3) is 0 Å². The third-order valence-electron chi connectivity index (χ3n) is 5.85. The Morgan fingerprint density at radius 3 is 2.25 bits per heavy atom. The van der Waals surface area contributed by atoms with Gasteiger partial charge in [0, 0.05) is 37.9 Å². The van der Waals surface area contributed by atoms with Crippen LogP contribution in [0.5, 0.6) is 0 Å². The van der Waals surface area contributed by atoms with Gasteiger partial charge < -0.3 is 5.32 Å². The first-order chi connectivity index (χ1) is 11.6. The van der Waals surface area contributed by atoms with Crippen molar-refractivity contribution in [2.24, 2.45) is 0 Å². The molecular weight excluding hydrogens is 298 g/mol. The van der Waals surface area contributed by atoms with Crippen molar-refractivity contribution in [2.75, 3.05) is 31.5 Å². The van der Waals surface area contributed by atoms with Gasteiger partial charge in [0.05, 0.1) is 6.04 Å². The molecule has 1 atom stereocenters. The van der Waals surface area contributed by atoms with Crippen molar-refractivity contribution in [3.05, 3.63) is 29.3 Å². The van der Waals surface area contributed by atoms with Gasteiger partial charge in [-0.15, -0.1) is 0 Å². The monoisotopic (exact) mass is 329 g/mol. The van der Waals surface area contributed by atoms with Crippen molar-refractivity contribution in [1.82, 2.24) is 9.80 Å². The molecule has 1 saturated carbocycles. The average molecular weight is 329 g/mol. The highest BCUT2D eigenvalue weighted by Gasteiger charge is 2.30. The zero-order valence-electron chi connectivity index (χ0n) is 15.3. The van der Waals surface area contributed by atoms with Gasteiger partial charge in [0.15, 0.2) is 0 Å². The van der Waals surface area contributed by atoms with Crippen molar-refractivity contribution < 1.29 is 4.79 Å². The molecule has 1 aliphatic heterocycles. The first kappa shape index (κ1) is 17.4. The lowest BCUT2D eigenvalue weighted by Crippen LogP contribution is -2.54. The van der Waals surface area contributed by atoms with Crippen molar-refractivity contribution in [3.8, 4) is 0 Å². The van der Waals surface area contributed by atoms with Crippen LogP contribution in [0.2, 0.25) is 0 Å². The molecule has 1 aromatic rings. The molecule has 1 heterocycles. The van der Waals surface area contributed by atoms with E-state index in [0.29, 0.717) is 0 Å². The zero-order valence-corrected chi connectivity index (χ0v) is 15.3. The number of hydrogen-bond donors (Lipinski definition) is 1. The van der Waals surface area contributed by atoms with E-state index in [1.807, 2.05) is 39.0 Å². The van der Waals surface area contributed by atoms with E-state index in [-0.39, 0.29) is 11.9 Å². The Morgan fingerprint density at radius 2 is 1.67 bits per heavy atom. The summed E-state index contributed by atoms with van der Waals surface area (Å²) < 4.78 is 0. The quantitative estimate of drug-likeness (QED) is 0.921. The molecule has 3 rings (SSSR count). The smallest absolute Gasteiger partial charge is 0.241 e. The molecule has 24 heavy (non-hydrogen) atoms. The molecule has 4 nitrogen and oxygen atoms in total. The number of piperazine rings is 1. The van der Waals surface area contributed by atoms with E-state index in [4.69, 9.17) is 0 Å². The maximum Gasteiger partial charge on any atom is 0.241 e. The minimum absolute atomic E-state index is 0.0743. The van der Waals surface area contributed by atoms with E-state index in [9.17, 15) is 4.79 Å². The summed E-state index contributed by atoms with van der Waals surface area (Å²) in [7, 11) is 0. The highest BCUT2D eigenvalue weighted by molar-refractivity contribution is 5.95. The van der Waals surface area contributed by atoms with E-state index in [0.717, 1.165) is 49.0 Å². The molecule has 0 radical (unpaired) electrons. The van der Waals surface area contributed by atoms with Crippen molar-refractivity contribution in [1.29, 1.82) is 0 Å². The summed E-state index contributed by atoms with van der Waals surface area (Å²) in [5.41, 5.74) is 3.22. The maximum absolute atomic E-state index is 12.7. The van der Waals surface area contributed by atoms with Crippen LogP contribution < -0.4 is 5.32 Å². The number of nitrogens with one attached hydrogen (secondary N) is 1. The Morgan fingerprint density at radius 1 is 1.08 bits per heavy atom. The minimum atomic E-state index is -0.0743. The molecule has 1 amide bonds. The average Bonchev–Trinajstić information content (AvgIpc) is 3.12. The fourth-order valence-electron chi connectivity index (χ4n) is 4.16. The Kier molecular flexibility index (Phi) is 5.57. The Hall–Kier alpha value is -1.39. The van der Waals surface area contributed by atoms with Crippen LogP contribution >= 0.6 is 0 Å². The van der Waals surface area contributed by atoms with Crippen LogP contribution in [0.25, 0.3) is 0 Å². The molecule has 2 fully saturated rings. The number of amides is 1. The second-order valence-corrected chi connectivity index (χ2v) is 7.44. The summed E-state index contributed by atoms with van der Waals surface area (Å²) in [6.07, 6.45) is 5.50. The van der Waals surface area contributed by atoms with E-state index in [2.05, 4.69) is 15.1 Å². The fraction of sp³-hybridized carbons (Fsp3) is 0.650. The van der Waals surface area contributed by atoms with Crippen molar-refractivity contribution in [2.45, 2.75) is 58.5 Å². The van der Waals surface area contributed by atoms with E-state index in [1.165, 1.54) is 25.7 Å². The molecule has 1 unspecified atom stereocenters. The summed E-state index contributed by atoms with van der Waals surface area (Å²) in [6, 6.07) is 6.86. The number of para-hydroxylation sites is 1. The molecule has 132 valence electrons. The molecule has 0 aromatic heterocycles. The molecule has 4 heteroatoms. The predicted octanol–water partition coefficient (Wildman–Crippen LogP) is 3.19. The van der Waals surface area contributed by atoms with E-state index < -0.39 is 0 Å². The van der Waals surface area contributed by atoms with Gasteiger partial charge in [-0.05, 0) is 44.7 Å². The van der Waals surface area contributed by atoms with Crippen LogP contribution in [-0.2, 0) is 4.79 Å². The summed E-state index contributed by atoms with van der Waals surface area (Å²) in [4.78, 5) is 17.7. The number of benzene rings is 1. The SMILES string of the molecule is Cc1cccc(C)c1NC(=O)C(C)N1CCN(C2CCCC2)CC1. The second-order valence-electron chi connectivity index (χ2n) is 7.44. The number of aryl methyl sites for hydroxylation is 2. The van der Waals surface area contributed by atoms with Gasteiger partial charge in [-0.2, -0.15) is 0 Å². The highest BCUT2D eigenvalue weighted by atomic mass is 16.2. The molecule has 1 aromatic carbocycles. The summed E-state index contributed by atoms with van der Waals surface area (Å²) in [5.74, 6) is 0.113. The fourth-order valence-corrected chi connectivity index (χ4v) is 4.16. The first-order valence-corrected chi connectivity index (χ1v) is 9.41. The number of rotatable bonds is 4. The number of carbonyl (C=O) groups excluding carboxylic acids is 1. The van der Waals surface area contributed by atoms with Gasteiger partial charge >= 0.3 is 0 Å². The van der Waals surface area contributed by atoms with Crippen molar-refractivity contribution in [3.63, 3.8) is 0 Å². The molecule has 0 spiro atoms. The van der Waals surface area contributed by atoms with Gasteiger partial charge in [-0.25, -0.2) is 0 Å². The molecule has 1 saturated heterocycles. The van der Waals surface area contributed by atoms with Gasteiger partial charge in [0.1, 0.15) is 0 Å². The predicted molar refractivity (Wildman–Crippen MR) is 99.4 cm³/mol. The minimum Gasteiger partial charge on any atom is -0.324 e. The zero-order chi connectivity index (χ0) is 17.1. The van der Waals surface area contributed by atoms with Gasteiger partial charge in [-0.3, -0.25) is 14.6 Å². The lowest BCUT2D eigenvalue weighted by Gasteiger charge is -2.40. The van der Waals surface area contributed by atoms with E-state index in [1.54, 1.807) is 0 Å². The lowest BCUT2D eigenvalue weighted by atomic mass is 10.1. The standard InChI is InChI=1S/C20H31N3O/c1-15-7-6-8-16(2)19(15)21-20(24)17(3)22-11-13-23(14-12-22)18-9-4-5-10-18/h6-8,17-18H,4-5,9-14H2,1-3H3,(H,21,24). The third-order valence-corrected chi connectivity index (χ3v) is 5.85. The van der Waals surface area contributed by atoms with Crippen LogP contribution in [0.4, 0.5) is 5.69 Å². The van der Waals surface area contributed by atoms with Gasteiger partial charge in [0.2, 0.25) is 5.91 Å². The third kappa shape index (κ3) is 3.81. The molecule has 1 N–H and O–H groups in total. The lowest BCUT2D eigenvalue weighted by molar-refractivity contribution is -0.121. The molecular formula is C20H31N3O. The molecule has 1 aliphatic carbocycles. The maximum atomic E-state index is 12.7. The van der Waals surface area contributed by atoms with Crippen LogP contribution in [-0.4, -0.2) is 54.0 Å². The number of carbonyl (C=O) groups is 1. The summed E-state index contributed by atoms with van der Waals surface area (Å²) in [5, 5.41) is 3.15. The second kappa shape index (κ2) is 7.66. The van der Waals surface area contributed by atoms with Crippen LogP contribution in [0.3, 0.4) is 0 Å². The Bertz CT molecular complexity index is 552. The number of hydrogen-bond acceptors (Lipinski definition) is 3. The van der Waals surface area contributed by atoms with Gasteiger partial charge in [-0.1, -0.05) is 31.0 Å². The molecule has 0 bridgehead atoms. The van der Waals surface area contributed by atoms with E-state index >= 15 is 0 Å². The Labute approximate surface area is 146 Å². The van der Waals surface area contributed by atoms with Crippen molar-refractivity contribution >= 4 is 11.6 Å². The summed E-state index contributed by atoms with van der Waals surface area (Å²) in [6.45, 7) is 10.3. The Balaban J connectivity index is 1.54. The van der Waals surface area contributed by atoms with Crippen LogP contribution in [0.15, 0.2) is 18.2 Å². The summed E-state index contributed by atoms with van der Waals surface area (Å²) >= 11 is 0.